The number of sulfonamides is 1. The molecule has 0 amide bonds. The van der Waals surface area contributed by atoms with E-state index in [1.807, 2.05) is 11.8 Å². The van der Waals surface area contributed by atoms with E-state index in [4.69, 9.17) is 0 Å². The number of piperidine rings is 1. The van der Waals surface area contributed by atoms with Crippen LogP contribution in [-0.2, 0) is 14.8 Å². The quantitative estimate of drug-likeness (QED) is 0.376. The van der Waals surface area contributed by atoms with Crippen LogP contribution in [0.4, 0.5) is 8.78 Å². The summed E-state index contributed by atoms with van der Waals surface area (Å²) in [6, 6.07) is 2.28. The summed E-state index contributed by atoms with van der Waals surface area (Å²) in [5.74, 6) is -2.07. The summed E-state index contributed by atoms with van der Waals surface area (Å²) in [5, 5.41) is 10.9. The van der Waals surface area contributed by atoms with E-state index in [1.165, 1.54) is 12.3 Å². The van der Waals surface area contributed by atoms with Gasteiger partial charge in [-0.25, -0.2) is 26.9 Å². The summed E-state index contributed by atoms with van der Waals surface area (Å²) in [7, 11) is -3.75. The van der Waals surface area contributed by atoms with Crippen LogP contribution >= 0.6 is 0 Å². The Morgan fingerprint density at radius 2 is 2.00 bits per heavy atom. The molecule has 1 aromatic carbocycles. The highest BCUT2D eigenvalue weighted by Crippen LogP contribution is 2.26. The third-order valence-electron chi connectivity index (χ3n) is 6.74. The molecule has 1 aliphatic rings. The second kappa shape index (κ2) is 12.6. The number of Topliss-reactive ketones (excluding diaryl/α,β-unsaturated/α-hetero) is 1. The number of aliphatic hydroxyl groups is 1. The van der Waals surface area contributed by atoms with Crippen molar-refractivity contribution in [2.24, 2.45) is 5.92 Å². The van der Waals surface area contributed by atoms with Crippen molar-refractivity contribution in [2.75, 3.05) is 12.3 Å². The monoisotopic (exact) mass is 540 g/mol. The third kappa shape index (κ3) is 8.13. The number of carbonyl (C=O) groups excluding carboxylic acids is 1. The highest BCUT2D eigenvalue weighted by atomic mass is 32.2. The molecule has 37 heavy (non-hydrogen) atoms. The molecule has 4 atom stereocenters. The number of H-pyrrole nitrogens is 1. The number of aliphatic hydroxyl groups excluding tert-OH is 1. The molecule has 3 N–H and O–H groups in total. The molecule has 0 bridgehead atoms. The molecule has 1 aliphatic heterocycles. The summed E-state index contributed by atoms with van der Waals surface area (Å²) in [6.07, 6.45) is 3.29. The fourth-order valence-electron chi connectivity index (χ4n) is 4.83. The number of nitrogens with one attached hydrogen (secondary N) is 2. The predicted molar refractivity (Wildman–Crippen MR) is 138 cm³/mol. The van der Waals surface area contributed by atoms with Crippen molar-refractivity contribution in [1.29, 1.82) is 0 Å². The minimum absolute atomic E-state index is 0.0456. The molecule has 0 radical (unpaired) electrons. The van der Waals surface area contributed by atoms with Crippen molar-refractivity contribution in [1.82, 2.24) is 19.6 Å². The highest BCUT2D eigenvalue weighted by molar-refractivity contribution is 7.89. The van der Waals surface area contributed by atoms with Crippen LogP contribution < -0.4 is 4.72 Å². The van der Waals surface area contributed by atoms with Gasteiger partial charge in [0.2, 0.25) is 10.0 Å². The molecule has 0 aliphatic carbocycles. The van der Waals surface area contributed by atoms with Crippen LogP contribution in [-0.4, -0.2) is 64.8 Å². The Hall–Kier alpha value is -2.21. The molecule has 1 unspecified atom stereocenters. The van der Waals surface area contributed by atoms with E-state index in [0.29, 0.717) is 18.1 Å². The molecule has 2 heterocycles. The molecule has 2 aromatic rings. The molecule has 1 fully saturated rings. The Bertz CT molecular complexity index is 1170. The van der Waals surface area contributed by atoms with Gasteiger partial charge in [-0.3, -0.25) is 9.69 Å². The van der Waals surface area contributed by atoms with Crippen LogP contribution in [0.2, 0.25) is 0 Å². The van der Waals surface area contributed by atoms with Crippen molar-refractivity contribution in [3.63, 3.8) is 0 Å². The lowest BCUT2D eigenvalue weighted by atomic mass is 9.96. The van der Waals surface area contributed by atoms with Crippen molar-refractivity contribution in [3.8, 4) is 11.3 Å². The third-order valence-corrected chi connectivity index (χ3v) is 8.49. The van der Waals surface area contributed by atoms with E-state index in [0.717, 1.165) is 31.4 Å². The lowest BCUT2D eigenvalue weighted by Crippen LogP contribution is -2.51. The molecule has 0 saturated carbocycles. The summed E-state index contributed by atoms with van der Waals surface area (Å²) in [4.78, 5) is 22.5. The first-order valence-electron chi connectivity index (χ1n) is 12.8. The molecule has 206 valence electrons. The fraction of sp³-hybridized carbons (Fsp3) is 0.615. The number of aromatic amines is 1. The molecule has 1 aromatic heterocycles. The van der Waals surface area contributed by atoms with Gasteiger partial charge in [-0.15, -0.1) is 0 Å². The second-order valence-electron chi connectivity index (χ2n) is 10.5. The number of aromatic nitrogens is 2. The first kappa shape index (κ1) is 29.3. The Morgan fingerprint density at radius 1 is 1.27 bits per heavy atom. The first-order valence-corrected chi connectivity index (χ1v) is 14.5. The lowest BCUT2D eigenvalue weighted by molar-refractivity contribution is -0.123. The average Bonchev–Trinajstić information content (AvgIpc) is 3.28. The Kier molecular flexibility index (Phi) is 9.96. The van der Waals surface area contributed by atoms with Gasteiger partial charge in [-0.05, 0) is 37.8 Å². The lowest BCUT2D eigenvalue weighted by Gasteiger charge is -2.38. The van der Waals surface area contributed by atoms with E-state index in [1.54, 1.807) is 20.8 Å². The fourth-order valence-corrected chi connectivity index (χ4v) is 6.47. The molecule has 11 heteroatoms. The van der Waals surface area contributed by atoms with Gasteiger partial charge in [0.05, 0.1) is 23.7 Å². The predicted octanol–water partition coefficient (Wildman–Crippen LogP) is 3.94. The van der Waals surface area contributed by atoms with Crippen molar-refractivity contribution in [2.45, 2.75) is 84.0 Å². The summed E-state index contributed by atoms with van der Waals surface area (Å²) >= 11 is 0. The maximum atomic E-state index is 14.2. The SMILES string of the molecule is CC(C)CS(=O)(=O)N[C@@H](CC(O)N1CCCC[C@@H]1C)C(=O)C[C@@H](C)c1ncc(-c2ccc(F)cc2F)[nH]1. The number of nitrogens with zero attached hydrogens (tertiary/aromatic N) is 2. The van der Waals surface area contributed by atoms with Crippen LogP contribution in [0.1, 0.15) is 71.5 Å². The summed E-state index contributed by atoms with van der Waals surface area (Å²) in [5.41, 5.74) is 0.493. The van der Waals surface area contributed by atoms with Gasteiger partial charge in [0.1, 0.15) is 23.7 Å². The minimum Gasteiger partial charge on any atom is -0.378 e. The molecule has 1 saturated heterocycles. The largest absolute Gasteiger partial charge is 0.378 e. The molecule has 8 nitrogen and oxygen atoms in total. The zero-order valence-electron chi connectivity index (χ0n) is 21.9. The van der Waals surface area contributed by atoms with Gasteiger partial charge >= 0.3 is 0 Å². The van der Waals surface area contributed by atoms with Crippen LogP contribution in [0.5, 0.6) is 0 Å². The highest BCUT2D eigenvalue weighted by Gasteiger charge is 2.33. The van der Waals surface area contributed by atoms with E-state index < -0.39 is 39.8 Å². The van der Waals surface area contributed by atoms with Crippen LogP contribution in [0, 0.1) is 17.6 Å². The normalized spacial score (nSPS) is 19.6. The zero-order valence-corrected chi connectivity index (χ0v) is 22.7. The zero-order chi connectivity index (χ0) is 27.3. The standard InChI is InChI=1S/C26H38F2N4O4S/c1-16(2)15-37(35,36)31-22(13-25(34)32-10-6-5-7-18(32)4)24(33)11-17(3)26-29-14-23(30-26)20-9-8-19(27)12-21(20)28/h8-9,12,14,16-18,22,25,31,34H,5-7,10-11,13,15H2,1-4H3,(H,29,30)/t17-,18+,22+,25?/m1/s1. The van der Waals surface area contributed by atoms with Crippen LogP contribution in [0.3, 0.4) is 0 Å². The van der Waals surface area contributed by atoms with E-state index in [9.17, 15) is 27.1 Å². The second-order valence-corrected chi connectivity index (χ2v) is 12.3. The summed E-state index contributed by atoms with van der Waals surface area (Å²) in [6.45, 7) is 8.02. The number of likely N-dealkylation sites (tertiary alicyclic amines) is 1. The topological polar surface area (TPSA) is 115 Å². The van der Waals surface area contributed by atoms with Gasteiger partial charge in [-0.2, -0.15) is 0 Å². The Labute approximate surface area is 217 Å². The van der Waals surface area contributed by atoms with Crippen molar-refractivity contribution < 1.29 is 27.1 Å². The van der Waals surface area contributed by atoms with E-state index >= 15 is 0 Å². The van der Waals surface area contributed by atoms with Gasteiger partial charge in [-0.1, -0.05) is 27.2 Å². The number of imidazole rings is 1. The first-order chi connectivity index (χ1) is 17.4. The Balaban J connectivity index is 1.75. The number of halogens is 2. The van der Waals surface area contributed by atoms with E-state index in [2.05, 4.69) is 14.7 Å². The van der Waals surface area contributed by atoms with Gasteiger partial charge < -0.3 is 10.1 Å². The average molecular weight is 541 g/mol. The number of hydrogen-bond donors (Lipinski definition) is 3. The maximum absolute atomic E-state index is 14.2. The smallest absolute Gasteiger partial charge is 0.212 e. The number of ketones is 1. The molecular weight excluding hydrogens is 502 g/mol. The number of benzene rings is 1. The van der Waals surface area contributed by atoms with Gasteiger partial charge in [0, 0.05) is 43.0 Å². The van der Waals surface area contributed by atoms with Gasteiger partial charge in [0.25, 0.3) is 0 Å². The van der Waals surface area contributed by atoms with Gasteiger partial charge in [0.15, 0.2) is 5.78 Å². The Morgan fingerprint density at radius 3 is 2.65 bits per heavy atom. The molecule has 0 spiro atoms. The number of rotatable bonds is 12. The van der Waals surface area contributed by atoms with Crippen molar-refractivity contribution >= 4 is 15.8 Å². The number of hydrogen-bond acceptors (Lipinski definition) is 6. The number of carbonyl (C=O) groups is 1. The van der Waals surface area contributed by atoms with Crippen molar-refractivity contribution in [3.05, 3.63) is 41.9 Å². The molecule has 3 rings (SSSR count). The summed E-state index contributed by atoms with van der Waals surface area (Å²) < 4.78 is 55.4. The van der Waals surface area contributed by atoms with Crippen LogP contribution in [0.25, 0.3) is 11.3 Å². The minimum atomic E-state index is -3.75. The molecular formula is C26H38F2N4O4S. The van der Waals surface area contributed by atoms with Crippen LogP contribution in [0.15, 0.2) is 24.4 Å². The van der Waals surface area contributed by atoms with E-state index in [-0.39, 0.29) is 41.9 Å². The maximum Gasteiger partial charge on any atom is 0.212 e.